The van der Waals surface area contributed by atoms with Gasteiger partial charge in [-0.25, -0.2) is 0 Å². The Labute approximate surface area is 103 Å². The van der Waals surface area contributed by atoms with Crippen molar-refractivity contribution in [3.05, 3.63) is 23.5 Å². The molecule has 0 radical (unpaired) electrons. The van der Waals surface area contributed by atoms with Gasteiger partial charge in [-0.3, -0.25) is 9.88 Å². The SMILES string of the molecule is Cc1ccc(O)c(CN(C)C(C)CN)n1.Cl. The van der Waals surface area contributed by atoms with Crippen LogP contribution in [0.1, 0.15) is 18.3 Å². The summed E-state index contributed by atoms with van der Waals surface area (Å²) in [4.78, 5) is 6.37. The minimum atomic E-state index is 0. The first-order valence-corrected chi connectivity index (χ1v) is 5.10. The van der Waals surface area contributed by atoms with E-state index >= 15 is 0 Å². The predicted molar refractivity (Wildman–Crippen MR) is 67.9 cm³/mol. The topological polar surface area (TPSA) is 62.4 Å². The van der Waals surface area contributed by atoms with Crippen LogP contribution in [0.5, 0.6) is 5.75 Å². The van der Waals surface area contributed by atoms with Gasteiger partial charge >= 0.3 is 0 Å². The second kappa shape index (κ2) is 6.68. The zero-order chi connectivity index (χ0) is 11.4. The number of hydrogen-bond acceptors (Lipinski definition) is 4. The summed E-state index contributed by atoms with van der Waals surface area (Å²) < 4.78 is 0. The molecule has 4 nitrogen and oxygen atoms in total. The summed E-state index contributed by atoms with van der Waals surface area (Å²) in [5.41, 5.74) is 7.19. The Kier molecular flexibility index (Phi) is 6.33. The molecule has 0 saturated heterocycles. The van der Waals surface area contributed by atoms with Crippen LogP contribution in [0.25, 0.3) is 0 Å². The monoisotopic (exact) mass is 245 g/mol. The number of likely N-dealkylation sites (N-methyl/N-ethyl adjacent to an activating group) is 1. The third kappa shape index (κ3) is 3.96. The number of aromatic nitrogens is 1. The fourth-order valence-corrected chi connectivity index (χ4v) is 1.29. The zero-order valence-electron chi connectivity index (χ0n) is 9.97. The van der Waals surface area contributed by atoms with Crippen molar-refractivity contribution in [2.45, 2.75) is 26.4 Å². The van der Waals surface area contributed by atoms with E-state index in [-0.39, 0.29) is 24.2 Å². The molecule has 0 aliphatic rings. The van der Waals surface area contributed by atoms with Crippen molar-refractivity contribution in [2.75, 3.05) is 13.6 Å². The molecule has 0 spiro atoms. The number of hydrogen-bond donors (Lipinski definition) is 2. The van der Waals surface area contributed by atoms with Crippen molar-refractivity contribution >= 4 is 12.4 Å². The van der Waals surface area contributed by atoms with E-state index in [0.717, 1.165) is 5.69 Å². The zero-order valence-corrected chi connectivity index (χ0v) is 10.8. The quantitative estimate of drug-likeness (QED) is 0.840. The van der Waals surface area contributed by atoms with E-state index in [1.807, 2.05) is 20.9 Å². The first-order chi connectivity index (χ1) is 7.04. The van der Waals surface area contributed by atoms with Gasteiger partial charge in [0.05, 0.1) is 5.69 Å². The predicted octanol–water partition coefficient (Wildman–Crippen LogP) is 1.30. The van der Waals surface area contributed by atoms with Crippen molar-refractivity contribution in [3.8, 4) is 5.75 Å². The van der Waals surface area contributed by atoms with Gasteiger partial charge in [0, 0.05) is 24.8 Å². The van der Waals surface area contributed by atoms with Gasteiger partial charge in [-0.05, 0) is 33.0 Å². The summed E-state index contributed by atoms with van der Waals surface area (Å²) in [6.45, 7) is 5.18. The van der Waals surface area contributed by atoms with E-state index in [1.54, 1.807) is 12.1 Å². The van der Waals surface area contributed by atoms with Crippen LogP contribution < -0.4 is 5.73 Å². The highest BCUT2D eigenvalue weighted by molar-refractivity contribution is 5.85. The van der Waals surface area contributed by atoms with Crippen molar-refractivity contribution < 1.29 is 5.11 Å². The molecule has 1 rings (SSSR count). The van der Waals surface area contributed by atoms with Crippen LogP contribution >= 0.6 is 12.4 Å². The lowest BCUT2D eigenvalue weighted by atomic mass is 10.2. The normalized spacial score (nSPS) is 12.3. The number of nitrogens with two attached hydrogens (primary N) is 1. The number of pyridine rings is 1. The standard InChI is InChI=1S/C11H19N3O.ClH/c1-8-4-5-11(15)10(13-8)7-14(3)9(2)6-12;/h4-5,9,15H,6-7,12H2,1-3H3;1H. The molecule has 0 aliphatic carbocycles. The number of halogens is 1. The largest absolute Gasteiger partial charge is 0.506 e. The summed E-state index contributed by atoms with van der Waals surface area (Å²) in [5.74, 6) is 0.247. The molecule has 0 fully saturated rings. The average Bonchev–Trinajstić information content (AvgIpc) is 2.22. The molecule has 0 amide bonds. The minimum absolute atomic E-state index is 0. The average molecular weight is 246 g/mol. The molecule has 5 heteroatoms. The van der Waals surface area contributed by atoms with E-state index < -0.39 is 0 Å². The highest BCUT2D eigenvalue weighted by Crippen LogP contribution is 2.16. The summed E-state index contributed by atoms with van der Waals surface area (Å²) in [5, 5.41) is 9.62. The maximum Gasteiger partial charge on any atom is 0.138 e. The molecule has 3 N–H and O–H groups in total. The summed E-state index contributed by atoms with van der Waals surface area (Å²) >= 11 is 0. The van der Waals surface area contributed by atoms with Gasteiger partial charge in [0.15, 0.2) is 0 Å². The summed E-state index contributed by atoms with van der Waals surface area (Å²) in [7, 11) is 1.97. The molecule has 92 valence electrons. The summed E-state index contributed by atoms with van der Waals surface area (Å²) in [6.07, 6.45) is 0. The highest BCUT2D eigenvalue weighted by Gasteiger charge is 2.11. The molecule has 0 bridgehead atoms. The molecule has 1 aromatic heterocycles. The second-order valence-corrected chi connectivity index (χ2v) is 3.92. The lowest BCUT2D eigenvalue weighted by Gasteiger charge is -2.23. The van der Waals surface area contributed by atoms with Crippen molar-refractivity contribution in [3.63, 3.8) is 0 Å². The molecular weight excluding hydrogens is 226 g/mol. The van der Waals surface area contributed by atoms with Gasteiger partial charge in [-0.1, -0.05) is 0 Å². The van der Waals surface area contributed by atoms with E-state index in [1.165, 1.54) is 0 Å². The van der Waals surface area contributed by atoms with Crippen LogP contribution in [0.15, 0.2) is 12.1 Å². The van der Waals surface area contributed by atoms with Crippen LogP contribution in [0.2, 0.25) is 0 Å². The molecule has 16 heavy (non-hydrogen) atoms. The Morgan fingerprint density at radius 1 is 1.50 bits per heavy atom. The van der Waals surface area contributed by atoms with E-state index in [9.17, 15) is 5.11 Å². The lowest BCUT2D eigenvalue weighted by molar-refractivity contribution is 0.248. The fraction of sp³-hybridized carbons (Fsp3) is 0.545. The van der Waals surface area contributed by atoms with Crippen molar-refractivity contribution in [1.29, 1.82) is 0 Å². The third-order valence-corrected chi connectivity index (χ3v) is 2.58. The number of aryl methyl sites for hydroxylation is 1. The van der Waals surface area contributed by atoms with Gasteiger partial charge < -0.3 is 10.8 Å². The van der Waals surface area contributed by atoms with E-state index in [0.29, 0.717) is 18.8 Å². The van der Waals surface area contributed by atoms with Gasteiger partial charge in [-0.2, -0.15) is 0 Å². The Bertz CT molecular complexity index is 333. The first kappa shape index (κ1) is 15.2. The van der Waals surface area contributed by atoms with Crippen molar-refractivity contribution in [2.24, 2.45) is 5.73 Å². The fourth-order valence-electron chi connectivity index (χ4n) is 1.29. The smallest absolute Gasteiger partial charge is 0.138 e. The van der Waals surface area contributed by atoms with Crippen LogP contribution in [-0.2, 0) is 6.54 Å². The number of aromatic hydroxyl groups is 1. The number of nitrogens with zero attached hydrogens (tertiary/aromatic N) is 2. The van der Waals surface area contributed by atoms with Crippen LogP contribution in [0.4, 0.5) is 0 Å². The Hall–Kier alpha value is -0.840. The Balaban J connectivity index is 0.00000225. The van der Waals surface area contributed by atoms with E-state index in [4.69, 9.17) is 5.73 Å². The lowest BCUT2D eigenvalue weighted by Crippen LogP contribution is -2.35. The maximum absolute atomic E-state index is 9.62. The molecule has 0 saturated carbocycles. The van der Waals surface area contributed by atoms with Gasteiger partial charge in [0.1, 0.15) is 5.75 Å². The summed E-state index contributed by atoms with van der Waals surface area (Å²) in [6, 6.07) is 3.76. The van der Waals surface area contributed by atoms with Crippen molar-refractivity contribution in [1.82, 2.24) is 9.88 Å². The molecule has 1 atom stereocenters. The van der Waals surface area contributed by atoms with Crippen LogP contribution in [0.3, 0.4) is 0 Å². The third-order valence-electron chi connectivity index (χ3n) is 2.58. The maximum atomic E-state index is 9.62. The van der Waals surface area contributed by atoms with Crippen LogP contribution in [-0.4, -0.2) is 34.6 Å². The van der Waals surface area contributed by atoms with Gasteiger partial charge in [0.25, 0.3) is 0 Å². The first-order valence-electron chi connectivity index (χ1n) is 5.10. The molecule has 1 aromatic rings. The molecular formula is C11H20ClN3O. The second-order valence-electron chi connectivity index (χ2n) is 3.92. The van der Waals surface area contributed by atoms with Crippen LogP contribution in [0, 0.1) is 6.92 Å². The van der Waals surface area contributed by atoms with Gasteiger partial charge in [0.2, 0.25) is 0 Å². The Morgan fingerprint density at radius 2 is 2.12 bits per heavy atom. The van der Waals surface area contributed by atoms with Gasteiger partial charge in [-0.15, -0.1) is 12.4 Å². The molecule has 0 aromatic carbocycles. The number of rotatable bonds is 4. The minimum Gasteiger partial charge on any atom is -0.506 e. The van der Waals surface area contributed by atoms with E-state index in [2.05, 4.69) is 9.88 Å². The molecule has 0 aliphatic heterocycles. The molecule has 1 unspecified atom stereocenters. The Morgan fingerprint density at radius 3 is 2.69 bits per heavy atom. The molecule has 1 heterocycles. The highest BCUT2D eigenvalue weighted by atomic mass is 35.5.